The van der Waals surface area contributed by atoms with Gasteiger partial charge in [0, 0.05) is 6.42 Å². The van der Waals surface area contributed by atoms with Crippen LogP contribution >= 0.6 is 0 Å². The SMILES string of the molecule is CCCCCCCCCC(=O)OC(C)CC.CCc1cc2ccc1oc2=O. The number of esters is 1. The van der Waals surface area contributed by atoms with Gasteiger partial charge in [-0.05, 0) is 49.9 Å². The normalized spacial score (nSPS) is 11.9. The van der Waals surface area contributed by atoms with Gasteiger partial charge >= 0.3 is 11.6 Å². The number of rotatable bonds is 11. The van der Waals surface area contributed by atoms with Gasteiger partial charge in [0.25, 0.3) is 0 Å². The molecule has 0 fully saturated rings. The maximum absolute atomic E-state index is 11.3. The first-order valence-corrected chi connectivity index (χ1v) is 10.6. The summed E-state index contributed by atoms with van der Waals surface area (Å²) in [5.41, 5.74) is 1.61. The lowest BCUT2D eigenvalue weighted by molar-refractivity contribution is -0.148. The highest BCUT2D eigenvalue weighted by Crippen LogP contribution is 2.14. The van der Waals surface area contributed by atoms with Crippen molar-refractivity contribution >= 4 is 16.9 Å². The van der Waals surface area contributed by atoms with Crippen LogP contribution in [0.4, 0.5) is 0 Å². The zero-order chi connectivity index (χ0) is 20.1. The summed E-state index contributed by atoms with van der Waals surface area (Å²) in [6, 6.07) is 5.52. The Morgan fingerprint density at radius 3 is 2.22 bits per heavy atom. The molecule has 0 aliphatic rings. The molecule has 2 heterocycles. The Morgan fingerprint density at radius 2 is 1.70 bits per heavy atom. The minimum Gasteiger partial charge on any atom is -0.463 e. The predicted octanol–water partition coefficient (Wildman–Crippen LogP) is 6.26. The smallest absolute Gasteiger partial charge is 0.343 e. The van der Waals surface area contributed by atoms with E-state index in [2.05, 4.69) is 6.92 Å². The monoisotopic (exact) mass is 376 g/mol. The molecule has 0 amide bonds. The lowest BCUT2D eigenvalue weighted by atomic mass is 10.1. The number of ether oxygens (including phenoxy) is 1. The first kappa shape index (κ1) is 23.2. The Labute approximate surface area is 163 Å². The van der Waals surface area contributed by atoms with Crippen molar-refractivity contribution < 1.29 is 13.9 Å². The van der Waals surface area contributed by atoms with E-state index in [1.807, 2.05) is 32.9 Å². The van der Waals surface area contributed by atoms with E-state index in [9.17, 15) is 9.59 Å². The number of benzene rings is 1. The molecule has 4 heteroatoms. The Kier molecular flexibility index (Phi) is 11.5. The molecule has 0 saturated carbocycles. The molecule has 0 aliphatic heterocycles. The standard InChI is InChI=1S/C14H28O2.C9H8O2/c1-4-6-7-8-9-10-11-12-14(15)16-13(3)5-2;1-2-6-5-7-3-4-8(6)11-9(7)10/h13H,4-12H2,1-3H3;3-5H,2H2,1H3. The number of unbranched alkanes of at least 4 members (excludes halogenated alkanes) is 6. The number of fused-ring (bicyclic) bond motifs is 3. The van der Waals surface area contributed by atoms with Crippen LogP contribution in [0, 0.1) is 0 Å². The fourth-order valence-corrected chi connectivity index (χ4v) is 2.83. The minimum atomic E-state index is -0.222. The second-order valence-electron chi connectivity index (χ2n) is 7.15. The lowest BCUT2D eigenvalue weighted by Gasteiger charge is -2.10. The molecule has 1 unspecified atom stereocenters. The molecule has 0 N–H and O–H groups in total. The minimum absolute atomic E-state index is 0.0251. The van der Waals surface area contributed by atoms with Crippen molar-refractivity contribution in [2.75, 3.05) is 0 Å². The second kappa shape index (κ2) is 13.3. The molecule has 0 radical (unpaired) electrons. The number of hydrogen-bond donors (Lipinski definition) is 0. The third kappa shape index (κ3) is 9.07. The van der Waals surface area contributed by atoms with Gasteiger partial charge in [-0.2, -0.15) is 0 Å². The highest BCUT2D eigenvalue weighted by atomic mass is 16.5. The van der Waals surface area contributed by atoms with Gasteiger partial charge < -0.3 is 9.15 Å². The molecule has 1 atom stereocenters. The summed E-state index contributed by atoms with van der Waals surface area (Å²) in [4.78, 5) is 22.3. The highest BCUT2D eigenvalue weighted by molar-refractivity contribution is 5.69. The number of hydrogen-bond acceptors (Lipinski definition) is 4. The summed E-state index contributed by atoms with van der Waals surface area (Å²) < 4.78 is 10.2. The zero-order valence-electron chi connectivity index (χ0n) is 17.5. The van der Waals surface area contributed by atoms with Gasteiger partial charge in [-0.3, -0.25) is 4.79 Å². The molecule has 27 heavy (non-hydrogen) atoms. The topological polar surface area (TPSA) is 56.5 Å². The molecule has 2 aromatic heterocycles. The molecule has 3 rings (SSSR count). The van der Waals surface area contributed by atoms with Gasteiger partial charge in [0.15, 0.2) is 0 Å². The third-order valence-corrected chi connectivity index (χ3v) is 4.77. The van der Waals surface area contributed by atoms with Crippen LogP contribution in [0.25, 0.3) is 11.0 Å². The Morgan fingerprint density at radius 1 is 1.04 bits per heavy atom. The van der Waals surface area contributed by atoms with E-state index >= 15 is 0 Å². The van der Waals surface area contributed by atoms with Gasteiger partial charge in [-0.15, -0.1) is 0 Å². The molecule has 2 bridgehead atoms. The van der Waals surface area contributed by atoms with Crippen molar-refractivity contribution in [1.82, 2.24) is 0 Å². The van der Waals surface area contributed by atoms with Gasteiger partial charge in [-0.1, -0.05) is 59.3 Å². The first-order valence-electron chi connectivity index (χ1n) is 10.6. The highest BCUT2D eigenvalue weighted by Gasteiger charge is 2.06. The second-order valence-corrected chi connectivity index (χ2v) is 7.15. The van der Waals surface area contributed by atoms with E-state index in [0.29, 0.717) is 17.4 Å². The van der Waals surface area contributed by atoms with Crippen LogP contribution in [0.2, 0.25) is 0 Å². The van der Waals surface area contributed by atoms with E-state index in [1.54, 1.807) is 6.07 Å². The van der Waals surface area contributed by atoms with Crippen LogP contribution < -0.4 is 5.63 Å². The molecule has 0 spiro atoms. The maximum Gasteiger partial charge on any atom is 0.343 e. The third-order valence-electron chi connectivity index (χ3n) is 4.77. The van der Waals surface area contributed by atoms with Crippen molar-refractivity contribution in [3.63, 3.8) is 0 Å². The molecular weight excluding hydrogens is 340 g/mol. The van der Waals surface area contributed by atoms with Gasteiger partial charge in [0.1, 0.15) is 5.58 Å². The van der Waals surface area contributed by atoms with Crippen LogP contribution in [0.1, 0.15) is 91.0 Å². The lowest BCUT2D eigenvalue weighted by Crippen LogP contribution is -2.13. The summed E-state index contributed by atoms with van der Waals surface area (Å²) >= 11 is 0. The Balaban J connectivity index is 0.000000285. The number of carbonyl (C=O) groups excluding carboxylic acids is 1. The molecule has 152 valence electrons. The van der Waals surface area contributed by atoms with Crippen molar-refractivity contribution in [3.05, 3.63) is 34.2 Å². The first-order chi connectivity index (χ1) is 13.0. The summed E-state index contributed by atoms with van der Waals surface area (Å²) in [7, 11) is 0. The molecular formula is C23H36O4. The summed E-state index contributed by atoms with van der Waals surface area (Å²) in [6.07, 6.45) is 11.2. The Bertz CT molecular complexity index is 689. The van der Waals surface area contributed by atoms with Crippen molar-refractivity contribution in [3.8, 4) is 0 Å². The van der Waals surface area contributed by atoms with Crippen LogP contribution in [0.5, 0.6) is 0 Å². The van der Waals surface area contributed by atoms with Crippen LogP contribution in [0.15, 0.2) is 27.4 Å². The van der Waals surface area contributed by atoms with Gasteiger partial charge in [0.05, 0.1) is 11.5 Å². The maximum atomic E-state index is 11.3. The fourth-order valence-electron chi connectivity index (χ4n) is 2.83. The van der Waals surface area contributed by atoms with Crippen LogP contribution in [-0.2, 0) is 16.0 Å². The predicted molar refractivity (Wildman–Crippen MR) is 112 cm³/mol. The van der Waals surface area contributed by atoms with E-state index < -0.39 is 0 Å². The molecule has 4 nitrogen and oxygen atoms in total. The van der Waals surface area contributed by atoms with Crippen LogP contribution in [-0.4, -0.2) is 12.1 Å². The van der Waals surface area contributed by atoms with Gasteiger partial charge in [0.2, 0.25) is 0 Å². The van der Waals surface area contributed by atoms with Crippen molar-refractivity contribution in [2.45, 2.75) is 98.0 Å². The van der Waals surface area contributed by atoms with Crippen LogP contribution in [0.3, 0.4) is 0 Å². The van der Waals surface area contributed by atoms with E-state index in [4.69, 9.17) is 9.15 Å². The molecule has 0 aliphatic carbocycles. The van der Waals surface area contributed by atoms with Crippen molar-refractivity contribution in [1.29, 1.82) is 0 Å². The zero-order valence-corrected chi connectivity index (χ0v) is 17.5. The van der Waals surface area contributed by atoms with E-state index in [-0.39, 0.29) is 17.7 Å². The summed E-state index contributed by atoms with van der Waals surface area (Å²) in [5.74, 6) is -0.0251. The van der Waals surface area contributed by atoms with Crippen molar-refractivity contribution in [2.24, 2.45) is 0 Å². The number of aryl methyl sites for hydroxylation is 1. The molecule has 1 aromatic carbocycles. The fraction of sp³-hybridized carbons (Fsp3) is 0.652. The summed E-state index contributed by atoms with van der Waals surface area (Å²) in [5, 5.41) is 0.664. The van der Waals surface area contributed by atoms with E-state index in [1.165, 1.54) is 38.5 Å². The van der Waals surface area contributed by atoms with Gasteiger partial charge in [-0.25, -0.2) is 4.79 Å². The molecule has 3 aromatic rings. The Hall–Kier alpha value is -1.84. The average molecular weight is 377 g/mol. The number of carbonyl (C=O) groups is 1. The quantitative estimate of drug-likeness (QED) is 0.343. The summed E-state index contributed by atoms with van der Waals surface area (Å²) in [6.45, 7) is 8.25. The van der Waals surface area contributed by atoms with E-state index in [0.717, 1.165) is 24.8 Å². The average Bonchev–Trinajstić information content (AvgIpc) is 2.68. The largest absolute Gasteiger partial charge is 0.463 e. The molecule has 0 saturated heterocycles.